The number of pyridine rings is 1. The van der Waals surface area contributed by atoms with E-state index in [0.717, 1.165) is 41.8 Å². The molecule has 0 fully saturated rings. The minimum atomic E-state index is 1.03. The lowest BCUT2D eigenvalue weighted by molar-refractivity contribution is 0.856. The van der Waals surface area contributed by atoms with Crippen LogP contribution in [0.25, 0.3) is 38.6 Å². The van der Waals surface area contributed by atoms with Crippen molar-refractivity contribution in [3.63, 3.8) is 0 Å². The molecule has 6 aromatic rings. The van der Waals surface area contributed by atoms with Crippen molar-refractivity contribution in [2.75, 3.05) is 4.90 Å². The van der Waals surface area contributed by atoms with Crippen LogP contribution < -0.4 is 4.90 Å². The third kappa shape index (κ3) is 3.54. The van der Waals surface area contributed by atoms with Crippen molar-refractivity contribution >= 4 is 33.2 Å². The molecule has 3 heterocycles. The largest absolute Gasteiger partial charge is 0.309 e. The second-order valence-electron chi connectivity index (χ2n) is 10.4. The quantitative estimate of drug-likeness (QED) is 0.241. The number of hydrogen-bond donors (Lipinski definition) is 0. The summed E-state index contributed by atoms with van der Waals surface area (Å²) in [5.74, 6) is 0. The zero-order chi connectivity index (χ0) is 25.8. The molecule has 0 saturated heterocycles. The van der Waals surface area contributed by atoms with E-state index in [2.05, 4.69) is 125 Å². The van der Waals surface area contributed by atoms with Crippen molar-refractivity contribution in [2.24, 2.45) is 0 Å². The van der Waals surface area contributed by atoms with Gasteiger partial charge in [0, 0.05) is 39.6 Å². The van der Waals surface area contributed by atoms with Gasteiger partial charge in [0.05, 0.1) is 22.9 Å². The summed E-state index contributed by atoms with van der Waals surface area (Å²) in [4.78, 5) is 7.10. The predicted octanol–water partition coefficient (Wildman–Crippen LogP) is 9.14. The predicted molar refractivity (Wildman–Crippen MR) is 162 cm³/mol. The normalized spacial score (nSPS) is 14.6. The van der Waals surface area contributed by atoms with Crippen LogP contribution in [-0.4, -0.2) is 9.55 Å². The van der Waals surface area contributed by atoms with Crippen LogP contribution in [0, 0.1) is 0 Å². The van der Waals surface area contributed by atoms with Crippen molar-refractivity contribution in [3.8, 4) is 16.8 Å². The van der Waals surface area contributed by atoms with Crippen LogP contribution in [0.1, 0.15) is 18.4 Å². The molecular weight excluding hydrogens is 474 g/mol. The highest BCUT2D eigenvalue weighted by atomic mass is 15.2. The molecular formula is C36H27N3. The Morgan fingerprint density at radius 1 is 0.641 bits per heavy atom. The Morgan fingerprint density at radius 2 is 1.36 bits per heavy atom. The zero-order valence-corrected chi connectivity index (χ0v) is 21.6. The van der Waals surface area contributed by atoms with Crippen LogP contribution >= 0.6 is 0 Å². The van der Waals surface area contributed by atoms with E-state index in [9.17, 15) is 0 Å². The molecule has 4 aromatic carbocycles. The van der Waals surface area contributed by atoms with Crippen LogP contribution in [-0.2, 0) is 6.42 Å². The summed E-state index contributed by atoms with van der Waals surface area (Å²) in [7, 11) is 0. The Kier molecular flexibility index (Phi) is 5.02. The molecule has 3 nitrogen and oxygen atoms in total. The highest BCUT2D eigenvalue weighted by Gasteiger charge is 2.26. The Balaban J connectivity index is 1.21. The number of rotatable bonds is 3. The minimum Gasteiger partial charge on any atom is -0.309 e. The maximum absolute atomic E-state index is 4.71. The molecule has 186 valence electrons. The molecule has 3 heteroatoms. The van der Waals surface area contributed by atoms with Gasteiger partial charge in [-0.25, -0.2) is 0 Å². The van der Waals surface area contributed by atoms with Crippen molar-refractivity contribution in [1.82, 2.24) is 9.55 Å². The van der Waals surface area contributed by atoms with Crippen LogP contribution in [0.3, 0.4) is 0 Å². The van der Waals surface area contributed by atoms with Crippen molar-refractivity contribution in [3.05, 3.63) is 145 Å². The van der Waals surface area contributed by atoms with Gasteiger partial charge in [-0.2, -0.15) is 0 Å². The smallest absolute Gasteiger partial charge is 0.0651 e. The molecule has 2 aliphatic rings. The summed E-state index contributed by atoms with van der Waals surface area (Å²) < 4.78 is 2.36. The van der Waals surface area contributed by atoms with Crippen LogP contribution in [0.2, 0.25) is 0 Å². The monoisotopic (exact) mass is 501 g/mol. The second kappa shape index (κ2) is 8.85. The second-order valence-corrected chi connectivity index (χ2v) is 10.4. The van der Waals surface area contributed by atoms with Gasteiger partial charge in [-0.1, -0.05) is 72.8 Å². The topological polar surface area (TPSA) is 21.1 Å². The summed E-state index contributed by atoms with van der Waals surface area (Å²) in [5, 5.41) is 2.56. The molecule has 0 amide bonds. The summed E-state index contributed by atoms with van der Waals surface area (Å²) in [6, 6.07) is 37.2. The first-order chi connectivity index (χ1) is 19.3. The highest BCUT2D eigenvalue weighted by molar-refractivity contribution is 6.09. The number of para-hydroxylation sites is 3. The SMILES string of the molecule is C1=CC2=C(CC1)Cc1ccccc1N2c1cncc(-c2ccc(-n3c4ccccc4c4ccccc43)cc2)c1. The third-order valence-electron chi connectivity index (χ3n) is 8.15. The fourth-order valence-corrected chi connectivity index (χ4v) is 6.34. The van der Waals surface area contributed by atoms with E-state index in [1.165, 1.54) is 44.3 Å². The molecule has 8 rings (SSSR count). The molecule has 2 aromatic heterocycles. The van der Waals surface area contributed by atoms with E-state index in [1.807, 2.05) is 12.4 Å². The van der Waals surface area contributed by atoms with Crippen LogP contribution in [0.15, 0.2) is 139 Å². The Hall–Kier alpha value is -4.89. The van der Waals surface area contributed by atoms with Gasteiger partial charge in [-0.3, -0.25) is 4.98 Å². The summed E-state index contributed by atoms with van der Waals surface area (Å²) in [5.41, 5.74) is 12.4. The molecule has 0 atom stereocenters. The summed E-state index contributed by atoms with van der Waals surface area (Å²) in [6.07, 6.45) is 11.8. The molecule has 0 radical (unpaired) electrons. The standard InChI is InChI=1S/C36H27N3/c1-5-13-33-26(9-1)21-27-10-2-6-14-34(27)39(33)30-22-28(23-37-24-30)25-17-19-29(20-18-25)38-35-15-7-3-11-31(35)32-12-4-8-16-36(32)38/h1,3-9,11-20,22-24H,2,10,21H2. The van der Waals surface area contributed by atoms with E-state index >= 15 is 0 Å². The maximum atomic E-state index is 4.71. The van der Waals surface area contributed by atoms with E-state index in [1.54, 1.807) is 0 Å². The first-order valence-electron chi connectivity index (χ1n) is 13.7. The van der Waals surface area contributed by atoms with E-state index in [-0.39, 0.29) is 0 Å². The van der Waals surface area contributed by atoms with Gasteiger partial charge in [0.15, 0.2) is 0 Å². The van der Waals surface area contributed by atoms with E-state index in [4.69, 9.17) is 4.98 Å². The lowest BCUT2D eigenvalue weighted by Gasteiger charge is -2.35. The van der Waals surface area contributed by atoms with Gasteiger partial charge < -0.3 is 9.47 Å². The lowest BCUT2D eigenvalue weighted by Crippen LogP contribution is -2.24. The van der Waals surface area contributed by atoms with Gasteiger partial charge >= 0.3 is 0 Å². The first-order valence-corrected chi connectivity index (χ1v) is 13.7. The minimum absolute atomic E-state index is 1.03. The fraction of sp³-hybridized carbons (Fsp3) is 0.0833. The number of nitrogens with zero attached hydrogens (tertiary/aromatic N) is 3. The molecule has 0 spiro atoms. The number of fused-ring (bicyclic) bond motifs is 4. The summed E-state index contributed by atoms with van der Waals surface area (Å²) >= 11 is 0. The zero-order valence-electron chi connectivity index (χ0n) is 21.6. The number of anilines is 2. The van der Waals surface area contributed by atoms with Crippen LogP contribution in [0.5, 0.6) is 0 Å². The van der Waals surface area contributed by atoms with Crippen LogP contribution in [0.4, 0.5) is 11.4 Å². The average molecular weight is 502 g/mol. The lowest BCUT2D eigenvalue weighted by atomic mass is 9.89. The molecule has 0 N–H and O–H groups in total. The average Bonchev–Trinajstić information content (AvgIpc) is 3.34. The molecule has 0 unspecified atom stereocenters. The Bertz CT molecular complexity index is 1890. The van der Waals surface area contributed by atoms with Crippen molar-refractivity contribution in [1.29, 1.82) is 0 Å². The van der Waals surface area contributed by atoms with Gasteiger partial charge in [-0.15, -0.1) is 0 Å². The van der Waals surface area contributed by atoms with E-state index < -0.39 is 0 Å². The number of hydrogen-bond acceptors (Lipinski definition) is 2. The van der Waals surface area contributed by atoms with Gasteiger partial charge in [0.1, 0.15) is 0 Å². The Labute approximate surface area is 228 Å². The van der Waals surface area contributed by atoms with Gasteiger partial charge in [0.2, 0.25) is 0 Å². The van der Waals surface area contributed by atoms with Crippen molar-refractivity contribution < 1.29 is 0 Å². The molecule has 39 heavy (non-hydrogen) atoms. The third-order valence-corrected chi connectivity index (χ3v) is 8.15. The van der Waals surface area contributed by atoms with Crippen molar-refractivity contribution in [2.45, 2.75) is 19.3 Å². The fourth-order valence-electron chi connectivity index (χ4n) is 6.34. The molecule has 1 aliphatic heterocycles. The first kappa shape index (κ1) is 22.1. The highest BCUT2D eigenvalue weighted by Crippen LogP contribution is 2.42. The number of aromatic nitrogens is 2. The van der Waals surface area contributed by atoms with E-state index in [0.29, 0.717) is 0 Å². The Morgan fingerprint density at radius 3 is 2.15 bits per heavy atom. The summed E-state index contributed by atoms with van der Waals surface area (Å²) in [6.45, 7) is 0. The molecule has 1 aliphatic carbocycles. The number of benzene rings is 4. The van der Waals surface area contributed by atoms with Gasteiger partial charge in [0.25, 0.3) is 0 Å². The number of allylic oxidation sites excluding steroid dienone is 3. The molecule has 0 bridgehead atoms. The maximum Gasteiger partial charge on any atom is 0.0651 e. The van der Waals surface area contributed by atoms with Gasteiger partial charge in [-0.05, 0) is 78.4 Å². The molecule has 0 saturated carbocycles.